The van der Waals surface area contributed by atoms with Crippen LogP contribution in [0.15, 0.2) is 30.3 Å². The minimum absolute atomic E-state index is 0.263. The van der Waals surface area contributed by atoms with Crippen molar-refractivity contribution in [2.24, 2.45) is 5.92 Å². The first-order chi connectivity index (χ1) is 11.1. The fourth-order valence-electron chi connectivity index (χ4n) is 2.96. The fourth-order valence-corrected chi connectivity index (χ4v) is 2.96. The molecule has 3 heteroatoms. The van der Waals surface area contributed by atoms with Crippen molar-refractivity contribution in [1.29, 1.82) is 0 Å². The summed E-state index contributed by atoms with van der Waals surface area (Å²) in [6.07, 6.45) is 4.73. The van der Waals surface area contributed by atoms with E-state index < -0.39 is 0 Å². The average Bonchev–Trinajstić information content (AvgIpc) is 2.86. The molecule has 23 heavy (non-hydrogen) atoms. The molecule has 124 valence electrons. The van der Waals surface area contributed by atoms with Crippen molar-refractivity contribution >= 4 is 6.09 Å². The minimum atomic E-state index is -0.379. The lowest BCUT2D eigenvalue weighted by molar-refractivity contribution is 0.158. The second-order valence-electron chi connectivity index (χ2n) is 6.56. The van der Waals surface area contributed by atoms with Gasteiger partial charge in [-0.2, -0.15) is 0 Å². The number of carbonyl (C=O) groups is 1. The van der Waals surface area contributed by atoms with Crippen LogP contribution in [0.1, 0.15) is 52.0 Å². The Hall–Kier alpha value is -1.95. The molecule has 0 spiro atoms. The summed E-state index contributed by atoms with van der Waals surface area (Å²) in [5.74, 6) is 3.43. The van der Waals surface area contributed by atoms with Crippen molar-refractivity contribution in [2.75, 3.05) is 6.61 Å². The maximum Gasteiger partial charge on any atom is 0.422 e. The van der Waals surface area contributed by atoms with Gasteiger partial charge in [0.05, 0.1) is 0 Å². The lowest BCUT2D eigenvalue weighted by atomic mass is 9.81. The first kappa shape index (κ1) is 17.4. The van der Waals surface area contributed by atoms with Gasteiger partial charge < -0.3 is 4.74 Å². The Labute approximate surface area is 140 Å². The van der Waals surface area contributed by atoms with Gasteiger partial charge in [0, 0.05) is 18.9 Å². The summed E-state index contributed by atoms with van der Waals surface area (Å²) in [6, 6.07) is 13.4. The highest BCUT2D eigenvalue weighted by Crippen LogP contribution is 2.34. The molecule has 0 N–H and O–H groups in total. The van der Waals surface area contributed by atoms with E-state index in [2.05, 4.69) is 44.9 Å². The Morgan fingerprint density at radius 3 is 2.65 bits per heavy atom. The van der Waals surface area contributed by atoms with E-state index in [1.165, 1.54) is 18.4 Å². The van der Waals surface area contributed by atoms with Crippen LogP contribution in [0, 0.1) is 17.9 Å². The monoisotopic (exact) mass is 313 g/mol. The van der Waals surface area contributed by atoms with Gasteiger partial charge in [-0.15, -0.1) is 0 Å². The molecule has 1 aliphatic heterocycles. The number of unbranched alkanes of at least 4 members (excludes halogenated alkanes) is 3. The third kappa shape index (κ3) is 4.07. The van der Waals surface area contributed by atoms with Gasteiger partial charge in [-0.25, -0.2) is 9.69 Å². The van der Waals surface area contributed by atoms with Crippen LogP contribution in [0.5, 0.6) is 0 Å². The second kappa shape index (κ2) is 8.06. The molecule has 1 aromatic rings. The number of hydrogen-bond acceptors (Lipinski definition) is 2. The molecule has 1 heterocycles. The molecule has 0 saturated carbocycles. The summed E-state index contributed by atoms with van der Waals surface area (Å²) in [7, 11) is 0. The highest BCUT2D eigenvalue weighted by molar-refractivity contribution is 5.73. The molecule has 3 nitrogen and oxygen atoms in total. The molecule has 1 atom stereocenters. The van der Waals surface area contributed by atoms with Crippen molar-refractivity contribution in [3.8, 4) is 12.0 Å². The fraction of sp³-hybridized carbons (Fsp3) is 0.550. The molecule has 1 amide bonds. The minimum Gasteiger partial charge on any atom is -0.446 e. The third-order valence-electron chi connectivity index (χ3n) is 4.60. The molecule has 0 unspecified atom stereocenters. The average molecular weight is 313 g/mol. The van der Waals surface area contributed by atoms with E-state index in [-0.39, 0.29) is 17.6 Å². The van der Waals surface area contributed by atoms with E-state index in [1.807, 2.05) is 18.2 Å². The van der Waals surface area contributed by atoms with E-state index >= 15 is 0 Å². The first-order valence-electron chi connectivity index (χ1n) is 8.59. The molecule has 1 fully saturated rings. The molecule has 1 saturated heterocycles. The Morgan fingerprint density at radius 2 is 2.00 bits per heavy atom. The summed E-state index contributed by atoms with van der Waals surface area (Å²) in [6.45, 7) is 6.85. The zero-order valence-corrected chi connectivity index (χ0v) is 14.5. The molecular weight excluding hydrogens is 286 g/mol. The van der Waals surface area contributed by atoms with E-state index in [4.69, 9.17) is 4.74 Å². The molecule has 0 radical (unpaired) electrons. The Bertz CT molecular complexity index is 570. The first-order valence-corrected chi connectivity index (χ1v) is 8.59. The number of amides is 1. The number of carbonyl (C=O) groups excluding carboxylic acids is 1. The number of hydrogen-bond donors (Lipinski definition) is 0. The van der Waals surface area contributed by atoms with Crippen LogP contribution in [0.2, 0.25) is 0 Å². The summed E-state index contributed by atoms with van der Waals surface area (Å²) in [4.78, 5) is 13.9. The van der Waals surface area contributed by atoms with Crippen LogP contribution in [0.4, 0.5) is 4.79 Å². The quantitative estimate of drug-likeness (QED) is 0.566. The Morgan fingerprint density at radius 1 is 1.26 bits per heavy atom. The van der Waals surface area contributed by atoms with Crippen molar-refractivity contribution in [3.63, 3.8) is 0 Å². The number of ether oxygens (including phenoxy) is 1. The maximum absolute atomic E-state index is 12.2. The molecule has 1 aliphatic rings. The van der Waals surface area contributed by atoms with Crippen LogP contribution in [-0.4, -0.2) is 23.1 Å². The summed E-state index contributed by atoms with van der Waals surface area (Å²) in [5, 5.41) is 0. The molecular formula is C20H27NO2. The van der Waals surface area contributed by atoms with Crippen molar-refractivity contribution < 1.29 is 9.53 Å². The van der Waals surface area contributed by atoms with E-state index in [0.717, 1.165) is 19.3 Å². The summed E-state index contributed by atoms with van der Waals surface area (Å²) < 4.78 is 5.38. The lowest BCUT2D eigenvalue weighted by Crippen LogP contribution is -2.50. The molecule has 1 aromatic carbocycles. The predicted octanol–water partition coefficient (Wildman–Crippen LogP) is 4.62. The van der Waals surface area contributed by atoms with Crippen molar-refractivity contribution in [2.45, 2.75) is 58.4 Å². The van der Waals surface area contributed by atoms with Crippen LogP contribution in [0.3, 0.4) is 0 Å². The molecule has 0 bridgehead atoms. The number of benzene rings is 1. The highest BCUT2D eigenvalue weighted by atomic mass is 16.6. The van der Waals surface area contributed by atoms with Gasteiger partial charge in [-0.3, -0.25) is 0 Å². The van der Waals surface area contributed by atoms with Gasteiger partial charge in [0.2, 0.25) is 0 Å². The Kier molecular flexibility index (Phi) is 6.10. The van der Waals surface area contributed by atoms with Crippen molar-refractivity contribution in [1.82, 2.24) is 4.90 Å². The predicted molar refractivity (Wildman–Crippen MR) is 92.8 cm³/mol. The van der Waals surface area contributed by atoms with Gasteiger partial charge >= 0.3 is 6.09 Å². The zero-order valence-electron chi connectivity index (χ0n) is 14.5. The van der Waals surface area contributed by atoms with E-state index in [1.54, 1.807) is 4.90 Å². The van der Waals surface area contributed by atoms with Gasteiger partial charge in [0.1, 0.15) is 12.1 Å². The van der Waals surface area contributed by atoms with Crippen LogP contribution >= 0.6 is 0 Å². The topological polar surface area (TPSA) is 29.5 Å². The van der Waals surface area contributed by atoms with Gasteiger partial charge in [-0.05, 0) is 17.9 Å². The summed E-state index contributed by atoms with van der Waals surface area (Å²) >= 11 is 0. The smallest absolute Gasteiger partial charge is 0.422 e. The van der Waals surface area contributed by atoms with Crippen LogP contribution in [0.25, 0.3) is 0 Å². The van der Waals surface area contributed by atoms with Gasteiger partial charge in [0.15, 0.2) is 0 Å². The number of rotatable bonds is 6. The van der Waals surface area contributed by atoms with Crippen LogP contribution in [-0.2, 0) is 11.2 Å². The normalized spacial score (nSPS) is 20.3. The summed E-state index contributed by atoms with van der Waals surface area (Å²) in [5.41, 5.74) is 0.827. The Balaban J connectivity index is 2.20. The largest absolute Gasteiger partial charge is 0.446 e. The van der Waals surface area contributed by atoms with Crippen LogP contribution < -0.4 is 0 Å². The SMILES string of the molecule is CCCCCC#CN1C(=O)OC[C@]1(Cc1ccccc1)C(C)C. The van der Waals surface area contributed by atoms with E-state index in [0.29, 0.717) is 6.61 Å². The third-order valence-corrected chi connectivity index (χ3v) is 4.60. The maximum atomic E-state index is 12.2. The molecule has 0 aliphatic carbocycles. The second-order valence-corrected chi connectivity index (χ2v) is 6.56. The lowest BCUT2D eigenvalue weighted by Gasteiger charge is -2.35. The van der Waals surface area contributed by atoms with Gasteiger partial charge in [-0.1, -0.05) is 69.9 Å². The van der Waals surface area contributed by atoms with Gasteiger partial charge in [0.25, 0.3) is 0 Å². The van der Waals surface area contributed by atoms with E-state index in [9.17, 15) is 4.79 Å². The number of cyclic esters (lactones) is 1. The standard InChI is InChI=1S/C20H27NO2/c1-4-5-6-7-11-14-21-19(22)23-16-20(21,17(2)3)15-18-12-9-8-10-13-18/h8-10,12-13,17H,4-7,15-16H2,1-3H3/t20-/m1/s1. The molecule has 2 rings (SSSR count). The highest BCUT2D eigenvalue weighted by Gasteiger charge is 2.49. The number of nitrogens with zero attached hydrogens (tertiary/aromatic N) is 1. The van der Waals surface area contributed by atoms with Crippen molar-refractivity contribution in [3.05, 3.63) is 35.9 Å². The molecule has 0 aromatic heterocycles. The zero-order chi connectivity index (χ0) is 16.7.